The van der Waals surface area contributed by atoms with Crippen LogP contribution in [0.5, 0.6) is 0 Å². The summed E-state index contributed by atoms with van der Waals surface area (Å²) in [5.74, 6) is 2.62. The lowest BCUT2D eigenvalue weighted by atomic mass is 9.96. The van der Waals surface area contributed by atoms with Gasteiger partial charge in [-0.3, -0.25) is 0 Å². The third-order valence-corrected chi connectivity index (χ3v) is 8.38. The molecule has 296 valence electrons. The summed E-state index contributed by atoms with van der Waals surface area (Å²) < 4.78 is 12.3. The van der Waals surface area contributed by atoms with E-state index < -0.39 is 0 Å². The van der Waals surface area contributed by atoms with Crippen molar-refractivity contribution in [3.05, 3.63) is 150 Å². The van der Waals surface area contributed by atoms with Gasteiger partial charge in [-0.05, 0) is 99.7 Å². The van der Waals surface area contributed by atoms with Crippen molar-refractivity contribution in [1.29, 1.82) is 0 Å². The molecule has 2 N–H and O–H groups in total. The molecule has 0 aliphatic heterocycles. The van der Waals surface area contributed by atoms with Crippen LogP contribution in [0.2, 0.25) is 0 Å². The van der Waals surface area contributed by atoms with E-state index >= 15 is 0 Å². The maximum atomic E-state index is 6.16. The Balaban J connectivity index is 0. The molecule has 2 atom stereocenters. The monoisotopic (exact) mass is 727 g/mol. The summed E-state index contributed by atoms with van der Waals surface area (Å²) in [6.07, 6.45) is 13.7. The van der Waals surface area contributed by atoms with Gasteiger partial charge in [0.05, 0.1) is 0 Å². The van der Waals surface area contributed by atoms with Crippen molar-refractivity contribution in [2.45, 2.75) is 134 Å². The molecule has 0 saturated heterocycles. The first-order valence-electron chi connectivity index (χ1n) is 20.3. The van der Waals surface area contributed by atoms with Crippen LogP contribution in [-0.2, 0) is 22.7 Å². The minimum absolute atomic E-state index is 0.540. The van der Waals surface area contributed by atoms with Gasteiger partial charge in [0.2, 0.25) is 0 Å². The SMILES string of the molecule is C=CN.CC.CC.CC/C=C(/C=C\C(=C(/C)OCc1ccccc1)c1ccc(C)cc1)OCc1ccccc1.CCCN(CC)C(CC)CC(C)CC. The first kappa shape index (κ1) is 51.1. The molecule has 3 aromatic rings. The summed E-state index contributed by atoms with van der Waals surface area (Å²) in [4.78, 5) is 2.64. The molecular formula is C49H78N2O2. The van der Waals surface area contributed by atoms with Crippen molar-refractivity contribution in [3.63, 3.8) is 0 Å². The Morgan fingerprint density at radius 3 is 1.70 bits per heavy atom. The minimum atomic E-state index is 0.540. The first-order chi connectivity index (χ1) is 25.8. The number of hydrogen-bond donors (Lipinski definition) is 1. The third kappa shape index (κ3) is 24.0. The van der Waals surface area contributed by atoms with E-state index in [-0.39, 0.29) is 0 Å². The predicted molar refractivity (Wildman–Crippen MR) is 237 cm³/mol. The van der Waals surface area contributed by atoms with Gasteiger partial charge in [-0.15, -0.1) is 0 Å². The molecule has 0 spiro atoms. The highest BCUT2D eigenvalue weighted by molar-refractivity contribution is 5.76. The standard InChI is InChI=1S/C30H32O2.C13H29N.C2H5N.2C2H6/c1-4-11-29(32-23-27-14-9-6-10-15-27)20-21-30(28-18-16-24(2)17-19-28)25(3)31-22-26-12-7-5-8-13-26;1-6-10-14(9-4)13(8-3)11-12(5)7-2;1-2-3;2*1-2/h5-21H,4,22-23H2,1-3H3;12-13H,6-11H2,1-5H3;2H,1,3H2;2*1-2H3/b21-20-,29-11-,30-25-;;;;. The lowest BCUT2D eigenvalue weighted by molar-refractivity contribution is 0.173. The predicted octanol–water partition coefficient (Wildman–Crippen LogP) is 14.1. The summed E-state index contributed by atoms with van der Waals surface area (Å²) in [6, 6.07) is 29.8. The van der Waals surface area contributed by atoms with Crippen LogP contribution in [0.15, 0.2) is 127 Å². The zero-order valence-corrected chi connectivity index (χ0v) is 36.0. The second-order valence-electron chi connectivity index (χ2n) is 12.4. The second-order valence-corrected chi connectivity index (χ2v) is 12.4. The van der Waals surface area contributed by atoms with Gasteiger partial charge in [0.25, 0.3) is 0 Å². The minimum Gasteiger partial charge on any atom is -0.493 e. The Morgan fingerprint density at radius 1 is 0.755 bits per heavy atom. The van der Waals surface area contributed by atoms with Crippen LogP contribution in [0, 0.1) is 12.8 Å². The quantitative estimate of drug-likeness (QED) is 0.105. The summed E-state index contributed by atoms with van der Waals surface area (Å²) in [5.41, 5.74) is 10.3. The van der Waals surface area contributed by atoms with Crippen molar-refractivity contribution < 1.29 is 9.47 Å². The van der Waals surface area contributed by atoms with Crippen LogP contribution in [0.1, 0.15) is 131 Å². The highest BCUT2D eigenvalue weighted by Crippen LogP contribution is 2.24. The lowest BCUT2D eigenvalue weighted by Gasteiger charge is -2.31. The van der Waals surface area contributed by atoms with E-state index in [1.165, 1.54) is 50.5 Å². The molecule has 3 aromatic carbocycles. The zero-order chi connectivity index (χ0) is 40.3. The molecule has 3 rings (SSSR count). The number of benzene rings is 3. The van der Waals surface area contributed by atoms with Crippen LogP contribution in [0.3, 0.4) is 0 Å². The smallest absolute Gasteiger partial charge is 0.115 e. The fraction of sp³-hybridized carbons (Fsp3) is 0.469. The topological polar surface area (TPSA) is 47.7 Å². The number of nitrogens with two attached hydrogens (primary N) is 1. The summed E-state index contributed by atoms with van der Waals surface area (Å²) in [5, 5.41) is 0. The normalized spacial score (nSPS) is 12.2. The maximum absolute atomic E-state index is 6.16. The Kier molecular flexibility index (Phi) is 33.8. The molecule has 0 aromatic heterocycles. The van der Waals surface area contributed by atoms with Gasteiger partial charge in [0.15, 0.2) is 0 Å². The van der Waals surface area contributed by atoms with E-state index in [9.17, 15) is 0 Å². The summed E-state index contributed by atoms with van der Waals surface area (Å²) >= 11 is 0. The molecule has 0 saturated carbocycles. The van der Waals surface area contributed by atoms with Crippen molar-refractivity contribution >= 4 is 5.57 Å². The fourth-order valence-electron chi connectivity index (χ4n) is 5.37. The Hall–Kier alpha value is -4.02. The maximum Gasteiger partial charge on any atom is 0.115 e. The molecule has 2 unspecified atom stereocenters. The third-order valence-electron chi connectivity index (χ3n) is 8.38. The zero-order valence-electron chi connectivity index (χ0n) is 36.0. The molecule has 0 radical (unpaired) electrons. The van der Waals surface area contributed by atoms with E-state index in [4.69, 9.17) is 9.47 Å². The summed E-state index contributed by atoms with van der Waals surface area (Å²) in [6.45, 7) is 32.5. The van der Waals surface area contributed by atoms with Gasteiger partial charge in [0, 0.05) is 11.6 Å². The first-order valence-corrected chi connectivity index (χ1v) is 20.3. The molecule has 0 fully saturated rings. The van der Waals surface area contributed by atoms with Crippen molar-refractivity contribution in [2.24, 2.45) is 11.7 Å². The van der Waals surface area contributed by atoms with E-state index in [0.29, 0.717) is 13.2 Å². The highest BCUT2D eigenvalue weighted by atomic mass is 16.5. The number of allylic oxidation sites excluding steroid dienone is 5. The Labute approximate surface area is 327 Å². The van der Waals surface area contributed by atoms with Gasteiger partial charge >= 0.3 is 0 Å². The van der Waals surface area contributed by atoms with E-state index in [2.05, 4.69) is 126 Å². The van der Waals surface area contributed by atoms with E-state index in [1.54, 1.807) is 0 Å². The molecular weight excluding hydrogens is 649 g/mol. The number of hydrogen-bond acceptors (Lipinski definition) is 4. The lowest BCUT2D eigenvalue weighted by Crippen LogP contribution is -2.36. The average molecular weight is 727 g/mol. The molecule has 4 nitrogen and oxygen atoms in total. The van der Waals surface area contributed by atoms with Gasteiger partial charge in [0.1, 0.15) is 24.7 Å². The molecule has 0 aliphatic rings. The largest absolute Gasteiger partial charge is 0.493 e. The number of nitrogens with zero attached hydrogens (tertiary/aromatic N) is 1. The van der Waals surface area contributed by atoms with Crippen molar-refractivity contribution in [1.82, 2.24) is 4.90 Å². The van der Waals surface area contributed by atoms with Gasteiger partial charge in [-0.2, -0.15) is 0 Å². The Bertz CT molecular complexity index is 1340. The molecule has 4 heteroatoms. The van der Waals surface area contributed by atoms with Crippen molar-refractivity contribution in [2.75, 3.05) is 13.1 Å². The second kappa shape index (κ2) is 35.0. The van der Waals surface area contributed by atoms with Crippen LogP contribution in [0.4, 0.5) is 0 Å². The Morgan fingerprint density at radius 2 is 1.26 bits per heavy atom. The van der Waals surface area contributed by atoms with Crippen molar-refractivity contribution in [3.8, 4) is 0 Å². The van der Waals surface area contributed by atoms with E-state index in [1.807, 2.05) is 77.1 Å². The number of rotatable bonds is 18. The molecule has 0 amide bonds. The van der Waals surface area contributed by atoms with Crippen LogP contribution in [0.25, 0.3) is 5.57 Å². The summed E-state index contributed by atoms with van der Waals surface area (Å²) in [7, 11) is 0. The van der Waals surface area contributed by atoms with E-state index in [0.717, 1.165) is 52.2 Å². The van der Waals surface area contributed by atoms with Gasteiger partial charge in [-0.1, -0.05) is 173 Å². The number of ether oxygens (including phenoxy) is 2. The highest BCUT2D eigenvalue weighted by Gasteiger charge is 2.16. The molecule has 0 aliphatic carbocycles. The molecule has 53 heavy (non-hydrogen) atoms. The van der Waals surface area contributed by atoms with Gasteiger partial charge < -0.3 is 20.1 Å². The van der Waals surface area contributed by atoms with Crippen LogP contribution in [-0.4, -0.2) is 24.0 Å². The van der Waals surface area contributed by atoms with Gasteiger partial charge in [-0.25, -0.2) is 0 Å². The van der Waals surface area contributed by atoms with Crippen LogP contribution >= 0.6 is 0 Å². The van der Waals surface area contributed by atoms with Crippen LogP contribution < -0.4 is 5.73 Å². The molecule has 0 heterocycles. The number of aryl methyl sites for hydroxylation is 1. The average Bonchev–Trinajstić information content (AvgIpc) is 3.20. The fourth-order valence-corrected chi connectivity index (χ4v) is 5.37. The molecule has 0 bridgehead atoms.